The highest BCUT2D eigenvalue weighted by Crippen LogP contribution is 2.55. The minimum Gasteiger partial charge on any atom is -0.489 e. The van der Waals surface area contributed by atoms with Gasteiger partial charge >= 0.3 is 0 Å². The van der Waals surface area contributed by atoms with Crippen LogP contribution in [0.1, 0.15) is 23.1 Å². The molecule has 1 fully saturated rings. The summed E-state index contributed by atoms with van der Waals surface area (Å²) in [6.45, 7) is 0.823. The molecular formula is C25H25N3O4. The summed E-state index contributed by atoms with van der Waals surface area (Å²) in [7, 11) is 0. The van der Waals surface area contributed by atoms with Gasteiger partial charge in [-0.25, -0.2) is 5.48 Å². The number of hydrogen-bond acceptors (Lipinski definition) is 5. The first-order chi connectivity index (χ1) is 15.6. The summed E-state index contributed by atoms with van der Waals surface area (Å²) in [5.74, 6) is -0.577. The van der Waals surface area contributed by atoms with Crippen LogP contribution in [0.15, 0.2) is 79.1 Å². The quantitative estimate of drug-likeness (QED) is 0.357. The third kappa shape index (κ3) is 4.95. The number of ether oxygens (including phenoxy) is 1. The number of rotatable bonds is 9. The molecule has 1 heterocycles. The summed E-state index contributed by atoms with van der Waals surface area (Å²) in [6.07, 6.45) is 4.11. The molecule has 0 saturated heterocycles. The Kier molecular flexibility index (Phi) is 6.47. The maximum absolute atomic E-state index is 13.0. The Balaban J connectivity index is 1.41. The Labute approximate surface area is 186 Å². The van der Waals surface area contributed by atoms with Gasteiger partial charge in [0.1, 0.15) is 12.4 Å². The maximum atomic E-state index is 13.0. The maximum Gasteiger partial charge on any atom is 0.247 e. The Hall–Kier alpha value is -3.71. The van der Waals surface area contributed by atoms with Gasteiger partial charge in [0.2, 0.25) is 11.8 Å². The molecule has 1 saturated carbocycles. The van der Waals surface area contributed by atoms with E-state index in [1.165, 1.54) is 0 Å². The Morgan fingerprint density at radius 1 is 0.969 bits per heavy atom. The van der Waals surface area contributed by atoms with Gasteiger partial charge < -0.3 is 10.1 Å². The molecule has 0 aliphatic heterocycles. The van der Waals surface area contributed by atoms with Crippen molar-refractivity contribution in [2.24, 2.45) is 11.3 Å². The van der Waals surface area contributed by atoms with Crippen LogP contribution in [0.3, 0.4) is 0 Å². The van der Waals surface area contributed by atoms with Crippen LogP contribution in [-0.4, -0.2) is 22.0 Å². The summed E-state index contributed by atoms with van der Waals surface area (Å²) in [5, 5.41) is 12.0. The minimum absolute atomic E-state index is 0.202. The Morgan fingerprint density at radius 3 is 2.38 bits per heavy atom. The van der Waals surface area contributed by atoms with Crippen LogP contribution in [-0.2, 0) is 29.2 Å². The van der Waals surface area contributed by atoms with Crippen LogP contribution in [0.5, 0.6) is 5.75 Å². The predicted molar refractivity (Wildman–Crippen MR) is 117 cm³/mol. The Morgan fingerprint density at radius 2 is 1.69 bits per heavy atom. The van der Waals surface area contributed by atoms with Crippen LogP contribution in [0.25, 0.3) is 0 Å². The van der Waals surface area contributed by atoms with E-state index in [1.807, 2.05) is 66.7 Å². The number of hydroxylamine groups is 1. The smallest absolute Gasteiger partial charge is 0.247 e. The fourth-order valence-electron chi connectivity index (χ4n) is 3.92. The number of carbonyl (C=O) groups excluding carboxylic acids is 2. The zero-order chi connectivity index (χ0) is 22.4. The third-order valence-electron chi connectivity index (χ3n) is 5.85. The van der Waals surface area contributed by atoms with Crippen molar-refractivity contribution in [2.45, 2.75) is 26.0 Å². The van der Waals surface area contributed by atoms with Gasteiger partial charge in [0, 0.05) is 18.9 Å². The zero-order valence-electron chi connectivity index (χ0n) is 17.5. The van der Waals surface area contributed by atoms with Crippen molar-refractivity contribution in [3.8, 4) is 5.75 Å². The number of aromatic nitrogens is 1. The molecule has 3 N–H and O–H groups in total. The van der Waals surface area contributed by atoms with Gasteiger partial charge in [-0.2, -0.15) is 0 Å². The van der Waals surface area contributed by atoms with E-state index in [9.17, 15) is 9.59 Å². The number of hydrogen-bond donors (Lipinski definition) is 3. The molecule has 7 nitrogen and oxygen atoms in total. The monoisotopic (exact) mass is 431 g/mol. The summed E-state index contributed by atoms with van der Waals surface area (Å²) < 4.78 is 5.82. The van der Waals surface area contributed by atoms with E-state index in [4.69, 9.17) is 9.94 Å². The highest BCUT2D eigenvalue weighted by Gasteiger charge is 2.63. The van der Waals surface area contributed by atoms with Crippen molar-refractivity contribution in [3.05, 3.63) is 95.8 Å². The first-order valence-corrected chi connectivity index (χ1v) is 10.5. The molecule has 0 radical (unpaired) electrons. The average molecular weight is 431 g/mol. The van der Waals surface area contributed by atoms with Crippen LogP contribution in [0.2, 0.25) is 0 Å². The van der Waals surface area contributed by atoms with Gasteiger partial charge in [0.25, 0.3) is 0 Å². The second kappa shape index (κ2) is 9.62. The molecule has 164 valence electrons. The fraction of sp³-hybridized carbons (Fsp3) is 0.240. The molecule has 1 aliphatic carbocycles. The number of amides is 2. The summed E-state index contributed by atoms with van der Waals surface area (Å²) in [4.78, 5) is 29.1. The summed E-state index contributed by atoms with van der Waals surface area (Å²) >= 11 is 0. The summed E-state index contributed by atoms with van der Waals surface area (Å²) in [5.41, 5.74) is 3.73. The predicted octanol–water partition coefficient (Wildman–Crippen LogP) is 3.03. The minimum atomic E-state index is -0.883. The second-order valence-corrected chi connectivity index (χ2v) is 8.02. The van der Waals surface area contributed by atoms with Gasteiger partial charge in [-0.05, 0) is 53.8 Å². The lowest BCUT2D eigenvalue weighted by molar-refractivity contribution is -0.135. The van der Waals surface area contributed by atoms with E-state index in [0.29, 0.717) is 26.0 Å². The lowest BCUT2D eigenvalue weighted by Crippen LogP contribution is -2.37. The molecule has 2 aromatic carbocycles. The van der Waals surface area contributed by atoms with Crippen LogP contribution in [0.4, 0.5) is 0 Å². The molecule has 0 spiro atoms. The second-order valence-electron chi connectivity index (χ2n) is 8.02. The molecule has 2 atom stereocenters. The molecule has 2 unspecified atom stereocenters. The molecular weight excluding hydrogens is 406 g/mol. The van der Waals surface area contributed by atoms with E-state index >= 15 is 0 Å². The van der Waals surface area contributed by atoms with Gasteiger partial charge in [-0.15, -0.1) is 0 Å². The number of pyridine rings is 1. The molecule has 0 bridgehead atoms. The van der Waals surface area contributed by atoms with Gasteiger partial charge in [0.15, 0.2) is 0 Å². The molecule has 7 heteroatoms. The average Bonchev–Trinajstić information content (AvgIpc) is 3.58. The van der Waals surface area contributed by atoms with E-state index in [2.05, 4.69) is 10.3 Å². The number of nitrogens with one attached hydrogen (secondary N) is 2. The van der Waals surface area contributed by atoms with E-state index < -0.39 is 17.2 Å². The fourth-order valence-corrected chi connectivity index (χ4v) is 3.92. The highest BCUT2D eigenvalue weighted by atomic mass is 16.5. The largest absolute Gasteiger partial charge is 0.489 e. The summed E-state index contributed by atoms with van der Waals surface area (Å²) in [6, 6.07) is 21.1. The van der Waals surface area contributed by atoms with Gasteiger partial charge in [-0.3, -0.25) is 19.8 Å². The van der Waals surface area contributed by atoms with Crippen molar-refractivity contribution in [1.29, 1.82) is 0 Å². The van der Waals surface area contributed by atoms with E-state index in [-0.39, 0.29) is 5.91 Å². The zero-order valence-corrected chi connectivity index (χ0v) is 17.5. The number of nitrogens with zero attached hydrogens (tertiary/aromatic N) is 1. The molecule has 3 aromatic rings. The van der Waals surface area contributed by atoms with Crippen LogP contribution in [0, 0.1) is 11.3 Å². The SMILES string of the molecule is O=C(NO)C1CC1(Cc1ccc(OCc2ccccc2)cc1)C(=O)NCc1ccncc1. The first-order valence-electron chi connectivity index (χ1n) is 10.5. The Bertz CT molecular complexity index is 1060. The molecule has 2 amide bonds. The normalized spacial score (nSPS) is 19.1. The highest BCUT2D eigenvalue weighted by molar-refractivity contribution is 5.95. The molecule has 1 aromatic heterocycles. The first kappa shape index (κ1) is 21.5. The van der Waals surface area contributed by atoms with Crippen LogP contribution >= 0.6 is 0 Å². The third-order valence-corrected chi connectivity index (χ3v) is 5.85. The topological polar surface area (TPSA) is 101 Å². The van der Waals surface area contributed by atoms with Crippen molar-refractivity contribution >= 4 is 11.8 Å². The lowest BCUT2D eigenvalue weighted by Gasteiger charge is -2.18. The lowest BCUT2D eigenvalue weighted by atomic mass is 9.92. The van der Waals surface area contributed by atoms with Crippen molar-refractivity contribution in [3.63, 3.8) is 0 Å². The number of benzene rings is 2. The standard InChI is InChI=1S/C25H25N3O4/c29-23(28-31)22-15-25(22,24(30)27-16-19-10-12-26-13-11-19)14-18-6-8-21(9-7-18)32-17-20-4-2-1-3-5-20/h1-13,22,31H,14-17H2,(H,27,30)(H,28,29). The van der Waals surface area contributed by atoms with Crippen molar-refractivity contribution < 1.29 is 19.5 Å². The molecule has 4 rings (SSSR count). The number of carbonyl (C=O) groups is 2. The van der Waals surface area contributed by atoms with Crippen molar-refractivity contribution in [1.82, 2.24) is 15.8 Å². The van der Waals surface area contributed by atoms with Crippen LogP contribution < -0.4 is 15.5 Å². The van der Waals surface area contributed by atoms with E-state index in [1.54, 1.807) is 17.9 Å². The van der Waals surface area contributed by atoms with Gasteiger partial charge in [-0.1, -0.05) is 42.5 Å². The molecule has 32 heavy (non-hydrogen) atoms. The van der Waals surface area contributed by atoms with Crippen molar-refractivity contribution in [2.75, 3.05) is 0 Å². The van der Waals surface area contributed by atoms with Gasteiger partial charge in [0.05, 0.1) is 11.3 Å². The van der Waals surface area contributed by atoms with E-state index in [0.717, 1.165) is 22.4 Å². The molecule has 1 aliphatic rings.